The second-order valence-electron chi connectivity index (χ2n) is 3.99. The third-order valence-electron chi connectivity index (χ3n) is 2.44. The van der Waals surface area contributed by atoms with Gasteiger partial charge in [0.15, 0.2) is 0 Å². The minimum absolute atomic E-state index is 0.0446. The molecule has 18 heavy (non-hydrogen) atoms. The Morgan fingerprint density at radius 1 is 1.44 bits per heavy atom. The zero-order chi connectivity index (χ0) is 13.1. The minimum atomic E-state index is -0.401. The van der Waals surface area contributed by atoms with E-state index in [0.717, 1.165) is 10.7 Å². The molecule has 2 aromatic rings. The van der Waals surface area contributed by atoms with Gasteiger partial charge < -0.3 is 0 Å². The summed E-state index contributed by atoms with van der Waals surface area (Å²) < 4.78 is 13.4. The van der Waals surface area contributed by atoms with Crippen LogP contribution < -0.4 is 0 Å². The van der Waals surface area contributed by atoms with Gasteiger partial charge in [0, 0.05) is 23.2 Å². The molecule has 0 saturated carbocycles. The van der Waals surface area contributed by atoms with E-state index in [2.05, 4.69) is 4.98 Å². The van der Waals surface area contributed by atoms with Crippen LogP contribution in [0.5, 0.6) is 0 Å². The molecule has 0 radical (unpaired) electrons. The van der Waals surface area contributed by atoms with Crippen molar-refractivity contribution in [2.75, 3.05) is 0 Å². The molecular weight excluding hydrogens is 273 g/mol. The molecule has 0 N–H and O–H groups in total. The number of thiazole rings is 1. The number of aryl methyl sites for hydroxylation is 1. The molecule has 0 aliphatic carbocycles. The summed E-state index contributed by atoms with van der Waals surface area (Å²) in [6, 6.07) is 4.23. The van der Waals surface area contributed by atoms with Gasteiger partial charge in [0.2, 0.25) is 0 Å². The Bertz CT molecular complexity index is 582. The second kappa shape index (κ2) is 5.59. The molecule has 5 heteroatoms. The Balaban J connectivity index is 2.05. The Labute approximate surface area is 113 Å². The number of nitrogens with zero attached hydrogens (tertiary/aromatic N) is 1. The van der Waals surface area contributed by atoms with E-state index >= 15 is 0 Å². The van der Waals surface area contributed by atoms with Crippen molar-refractivity contribution in [3.05, 3.63) is 50.7 Å². The van der Waals surface area contributed by atoms with Gasteiger partial charge in [0.05, 0.1) is 10.7 Å². The average molecular weight is 284 g/mol. The van der Waals surface area contributed by atoms with Crippen molar-refractivity contribution < 1.29 is 9.18 Å². The van der Waals surface area contributed by atoms with Crippen molar-refractivity contribution in [1.29, 1.82) is 0 Å². The Morgan fingerprint density at radius 3 is 2.89 bits per heavy atom. The third kappa shape index (κ3) is 3.37. The van der Waals surface area contributed by atoms with Gasteiger partial charge >= 0.3 is 0 Å². The summed E-state index contributed by atoms with van der Waals surface area (Å²) in [7, 11) is 0. The van der Waals surface area contributed by atoms with Crippen molar-refractivity contribution in [1.82, 2.24) is 4.98 Å². The van der Waals surface area contributed by atoms with E-state index in [1.54, 1.807) is 0 Å². The van der Waals surface area contributed by atoms with E-state index in [-0.39, 0.29) is 18.6 Å². The normalized spacial score (nSPS) is 10.6. The van der Waals surface area contributed by atoms with Crippen LogP contribution in [0, 0.1) is 12.7 Å². The molecule has 0 fully saturated rings. The van der Waals surface area contributed by atoms with Crippen LogP contribution in [-0.4, -0.2) is 10.8 Å². The monoisotopic (exact) mass is 283 g/mol. The number of ketones is 1. The molecule has 1 aromatic carbocycles. The fraction of sp³-hybridized carbons (Fsp3) is 0.231. The highest BCUT2D eigenvalue weighted by atomic mass is 35.5. The van der Waals surface area contributed by atoms with Crippen LogP contribution in [0.25, 0.3) is 0 Å². The van der Waals surface area contributed by atoms with Crippen molar-refractivity contribution in [3.8, 4) is 0 Å². The molecule has 0 unspecified atom stereocenters. The van der Waals surface area contributed by atoms with Crippen LogP contribution in [0.3, 0.4) is 0 Å². The summed E-state index contributed by atoms with van der Waals surface area (Å²) in [5.74, 6) is -0.469. The van der Waals surface area contributed by atoms with Crippen molar-refractivity contribution in [2.24, 2.45) is 0 Å². The quantitative estimate of drug-likeness (QED) is 0.858. The lowest BCUT2D eigenvalue weighted by Gasteiger charge is -2.02. The number of Topliss-reactive ketones (excluding diaryl/α,β-unsaturated/α-hetero) is 1. The van der Waals surface area contributed by atoms with Gasteiger partial charge in [-0.2, -0.15) is 0 Å². The van der Waals surface area contributed by atoms with Crippen molar-refractivity contribution >= 4 is 28.7 Å². The average Bonchev–Trinajstić information content (AvgIpc) is 2.69. The van der Waals surface area contributed by atoms with E-state index in [0.29, 0.717) is 10.6 Å². The third-order valence-corrected chi connectivity index (χ3v) is 3.50. The van der Waals surface area contributed by atoms with Gasteiger partial charge in [0.1, 0.15) is 11.6 Å². The Hall–Kier alpha value is -1.26. The topological polar surface area (TPSA) is 30.0 Å². The van der Waals surface area contributed by atoms with E-state index in [9.17, 15) is 9.18 Å². The summed E-state index contributed by atoms with van der Waals surface area (Å²) in [5.41, 5.74) is 1.07. The molecule has 0 spiro atoms. The summed E-state index contributed by atoms with van der Waals surface area (Å²) in [6.07, 6.45) is 0.277. The largest absolute Gasteiger partial charge is 0.299 e. The number of halogens is 2. The number of carbonyl (C=O) groups is 1. The van der Waals surface area contributed by atoms with Gasteiger partial charge in [-0.15, -0.1) is 11.3 Å². The van der Waals surface area contributed by atoms with Crippen LogP contribution in [0.1, 0.15) is 16.3 Å². The highest BCUT2D eigenvalue weighted by molar-refractivity contribution is 7.09. The molecule has 0 amide bonds. The van der Waals surface area contributed by atoms with E-state index in [1.165, 1.54) is 29.5 Å². The van der Waals surface area contributed by atoms with Crippen LogP contribution in [-0.2, 0) is 17.6 Å². The number of aromatic nitrogens is 1. The summed E-state index contributed by atoms with van der Waals surface area (Å²) >= 11 is 7.27. The smallest absolute Gasteiger partial charge is 0.143 e. The maximum absolute atomic E-state index is 13.4. The van der Waals surface area contributed by atoms with E-state index in [4.69, 9.17) is 11.6 Å². The van der Waals surface area contributed by atoms with E-state index < -0.39 is 5.82 Å². The fourth-order valence-electron chi connectivity index (χ4n) is 1.65. The molecule has 0 saturated heterocycles. The van der Waals surface area contributed by atoms with Crippen LogP contribution >= 0.6 is 22.9 Å². The second-order valence-corrected chi connectivity index (χ2v) is 5.48. The molecule has 1 heterocycles. The molecule has 2 rings (SSSR count). The predicted molar refractivity (Wildman–Crippen MR) is 70.7 cm³/mol. The maximum Gasteiger partial charge on any atom is 0.143 e. The lowest BCUT2D eigenvalue weighted by Crippen LogP contribution is -2.08. The maximum atomic E-state index is 13.4. The number of carbonyl (C=O) groups excluding carboxylic acids is 1. The number of hydrogen-bond acceptors (Lipinski definition) is 3. The van der Waals surface area contributed by atoms with Gasteiger partial charge in [-0.3, -0.25) is 4.79 Å². The molecular formula is C13H11ClFNOS. The van der Waals surface area contributed by atoms with Gasteiger partial charge in [0.25, 0.3) is 0 Å². The predicted octanol–water partition coefficient (Wildman–Crippen LogP) is 3.60. The molecule has 0 bridgehead atoms. The Kier molecular flexibility index (Phi) is 4.09. The molecule has 1 aromatic heterocycles. The number of benzene rings is 1. The molecule has 0 atom stereocenters. The lowest BCUT2D eigenvalue weighted by molar-refractivity contribution is -0.117. The molecule has 0 aliphatic rings. The molecule has 0 aliphatic heterocycles. The zero-order valence-corrected chi connectivity index (χ0v) is 11.3. The first kappa shape index (κ1) is 13.2. The molecule has 2 nitrogen and oxygen atoms in total. The standard InChI is InChI=1S/C13H11ClFNOS/c1-8-16-11(7-18-8)6-12(17)5-9-4-10(14)2-3-13(9)15/h2-4,7H,5-6H2,1H3. The van der Waals surface area contributed by atoms with Gasteiger partial charge in [-0.25, -0.2) is 9.37 Å². The van der Waals surface area contributed by atoms with Crippen LogP contribution in [0.2, 0.25) is 5.02 Å². The fourth-order valence-corrected chi connectivity index (χ4v) is 2.45. The first-order chi connectivity index (χ1) is 8.54. The van der Waals surface area contributed by atoms with Gasteiger partial charge in [-0.1, -0.05) is 11.6 Å². The molecule has 94 valence electrons. The van der Waals surface area contributed by atoms with Crippen LogP contribution in [0.4, 0.5) is 4.39 Å². The summed E-state index contributed by atoms with van der Waals surface area (Å²) in [6.45, 7) is 1.88. The summed E-state index contributed by atoms with van der Waals surface area (Å²) in [4.78, 5) is 16.0. The van der Waals surface area contributed by atoms with Crippen molar-refractivity contribution in [2.45, 2.75) is 19.8 Å². The summed E-state index contributed by atoms with van der Waals surface area (Å²) in [5, 5.41) is 3.21. The number of rotatable bonds is 4. The van der Waals surface area contributed by atoms with E-state index in [1.807, 2.05) is 12.3 Å². The van der Waals surface area contributed by atoms with Gasteiger partial charge in [-0.05, 0) is 30.7 Å². The zero-order valence-electron chi connectivity index (χ0n) is 9.74. The lowest BCUT2D eigenvalue weighted by atomic mass is 10.1. The first-order valence-electron chi connectivity index (χ1n) is 5.41. The minimum Gasteiger partial charge on any atom is -0.299 e. The van der Waals surface area contributed by atoms with Crippen LogP contribution in [0.15, 0.2) is 23.6 Å². The SMILES string of the molecule is Cc1nc(CC(=O)Cc2cc(Cl)ccc2F)cs1. The highest BCUT2D eigenvalue weighted by Crippen LogP contribution is 2.16. The number of hydrogen-bond donors (Lipinski definition) is 0. The van der Waals surface area contributed by atoms with Crippen molar-refractivity contribution in [3.63, 3.8) is 0 Å². The Morgan fingerprint density at radius 2 is 2.22 bits per heavy atom. The first-order valence-corrected chi connectivity index (χ1v) is 6.67. The highest BCUT2D eigenvalue weighted by Gasteiger charge is 2.11.